The fourth-order valence-electron chi connectivity index (χ4n) is 4.05. The molecule has 5 heteroatoms. The van der Waals surface area contributed by atoms with Crippen LogP contribution in [-0.4, -0.2) is 27.7 Å². The third kappa shape index (κ3) is 3.16. The Bertz CT molecular complexity index is 796. The SMILES string of the molecule is O=C1C2CC(Br)CCC2N(Cc2ccccc2)C(=O)N1c1ccccc1. The van der Waals surface area contributed by atoms with Gasteiger partial charge in [0.15, 0.2) is 0 Å². The van der Waals surface area contributed by atoms with Gasteiger partial charge in [-0.25, -0.2) is 9.69 Å². The number of halogens is 1. The number of anilines is 1. The van der Waals surface area contributed by atoms with Crippen LogP contribution in [0.2, 0.25) is 0 Å². The highest BCUT2D eigenvalue weighted by Crippen LogP contribution is 2.39. The van der Waals surface area contributed by atoms with Crippen molar-refractivity contribution in [2.75, 3.05) is 4.90 Å². The Balaban J connectivity index is 1.71. The van der Waals surface area contributed by atoms with Crippen molar-refractivity contribution in [2.24, 2.45) is 5.92 Å². The van der Waals surface area contributed by atoms with Crippen LogP contribution in [0.4, 0.5) is 10.5 Å². The predicted octanol–water partition coefficient (Wildman–Crippen LogP) is 4.59. The lowest BCUT2D eigenvalue weighted by Crippen LogP contribution is -2.63. The average Bonchev–Trinajstić information content (AvgIpc) is 2.67. The first-order valence-electron chi connectivity index (χ1n) is 9.03. The Morgan fingerprint density at radius 3 is 2.27 bits per heavy atom. The van der Waals surface area contributed by atoms with Crippen molar-refractivity contribution in [1.29, 1.82) is 0 Å². The minimum absolute atomic E-state index is 0.0241. The standard InChI is InChI=1S/C21H21BrN2O2/c22-16-11-12-19-18(13-16)20(25)24(17-9-5-2-6-10-17)21(26)23(19)14-15-7-3-1-4-8-15/h1-10,16,18-19H,11-14H2. The van der Waals surface area contributed by atoms with Crippen LogP contribution in [0.1, 0.15) is 24.8 Å². The number of carbonyl (C=O) groups is 2. The van der Waals surface area contributed by atoms with Gasteiger partial charge in [-0.3, -0.25) is 4.79 Å². The molecule has 1 saturated heterocycles. The molecule has 4 rings (SSSR count). The molecule has 0 aromatic heterocycles. The monoisotopic (exact) mass is 412 g/mol. The van der Waals surface area contributed by atoms with Gasteiger partial charge in [0.25, 0.3) is 0 Å². The number of carbonyl (C=O) groups excluding carboxylic acids is 2. The van der Waals surface area contributed by atoms with E-state index in [2.05, 4.69) is 15.9 Å². The second-order valence-electron chi connectivity index (χ2n) is 6.99. The lowest BCUT2D eigenvalue weighted by atomic mass is 9.80. The molecule has 0 N–H and O–H groups in total. The molecule has 2 aromatic carbocycles. The van der Waals surface area contributed by atoms with E-state index in [4.69, 9.17) is 0 Å². The molecule has 26 heavy (non-hydrogen) atoms. The normalized spacial score (nSPS) is 26.0. The fourth-order valence-corrected chi connectivity index (χ4v) is 4.72. The molecule has 3 unspecified atom stereocenters. The molecule has 1 heterocycles. The van der Waals surface area contributed by atoms with Gasteiger partial charge in [-0.15, -0.1) is 0 Å². The molecule has 1 aliphatic carbocycles. The van der Waals surface area contributed by atoms with E-state index in [0.717, 1.165) is 24.8 Å². The molecule has 1 aliphatic heterocycles. The number of imide groups is 1. The van der Waals surface area contributed by atoms with E-state index in [1.54, 1.807) is 0 Å². The molecule has 134 valence electrons. The summed E-state index contributed by atoms with van der Waals surface area (Å²) in [5.74, 6) is -0.227. The maximum atomic E-state index is 13.3. The molecule has 2 aliphatic rings. The summed E-state index contributed by atoms with van der Waals surface area (Å²) in [4.78, 5) is 30.1. The quantitative estimate of drug-likeness (QED) is 0.691. The van der Waals surface area contributed by atoms with E-state index >= 15 is 0 Å². The molecule has 3 atom stereocenters. The molecule has 0 radical (unpaired) electrons. The Morgan fingerprint density at radius 1 is 0.923 bits per heavy atom. The first-order valence-corrected chi connectivity index (χ1v) is 9.94. The molecular formula is C21H21BrN2O2. The minimum atomic E-state index is -0.209. The van der Waals surface area contributed by atoms with Gasteiger partial charge in [0.1, 0.15) is 0 Å². The number of para-hydroxylation sites is 1. The summed E-state index contributed by atoms with van der Waals surface area (Å²) in [6, 6.07) is 19.0. The van der Waals surface area contributed by atoms with E-state index in [9.17, 15) is 9.59 Å². The van der Waals surface area contributed by atoms with E-state index in [1.807, 2.05) is 65.6 Å². The van der Waals surface area contributed by atoms with Crippen molar-refractivity contribution in [1.82, 2.24) is 4.90 Å². The number of alkyl halides is 1. The summed E-state index contributed by atoms with van der Waals surface area (Å²) in [5, 5.41) is 0. The molecule has 1 saturated carbocycles. The summed E-state index contributed by atoms with van der Waals surface area (Å²) in [6.45, 7) is 0.532. The summed E-state index contributed by atoms with van der Waals surface area (Å²) in [7, 11) is 0. The first-order chi connectivity index (χ1) is 12.6. The maximum Gasteiger partial charge on any atom is 0.331 e. The van der Waals surface area contributed by atoms with Gasteiger partial charge < -0.3 is 4.90 Å². The second-order valence-corrected chi connectivity index (χ2v) is 8.28. The van der Waals surface area contributed by atoms with E-state index in [0.29, 0.717) is 17.1 Å². The fraction of sp³-hybridized carbons (Fsp3) is 0.333. The smallest absolute Gasteiger partial charge is 0.316 e. The Labute approximate surface area is 161 Å². The first kappa shape index (κ1) is 17.3. The minimum Gasteiger partial charge on any atom is -0.316 e. The van der Waals surface area contributed by atoms with Crippen molar-refractivity contribution in [3.05, 3.63) is 66.2 Å². The van der Waals surface area contributed by atoms with E-state index < -0.39 is 0 Å². The molecule has 0 spiro atoms. The van der Waals surface area contributed by atoms with E-state index in [-0.39, 0.29) is 23.9 Å². The Morgan fingerprint density at radius 2 is 1.58 bits per heavy atom. The van der Waals surface area contributed by atoms with Crippen LogP contribution >= 0.6 is 15.9 Å². The van der Waals surface area contributed by atoms with Crippen LogP contribution < -0.4 is 4.90 Å². The lowest BCUT2D eigenvalue weighted by molar-refractivity contribution is -0.126. The highest BCUT2D eigenvalue weighted by molar-refractivity contribution is 9.09. The van der Waals surface area contributed by atoms with Crippen LogP contribution in [0.25, 0.3) is 0 Å². The number of nitrogens with zero attached hydrogens (tertiary/aromatic N) is 2. The largest absolute Gasteiger partial charge is 0.331 e. The summed E-state index contributed by atoms with van der Waals surface area (Å²) in [5.41, 5.74) is 1.73. The topological polar surface area (TPSA) is 40.6 Å². The molecule has 3 amide bonds. The molecule has 0 bridgehead atoms. The van der Waals surface area contributed by atoms with Crippen LogP contribution in [0.15, 0.2) is 60.7 Å². The third-order valence-corrected chi connectivity index (χ3v) is 6.17. The highest BCUT2D eigenvalue weighted by atomic mass is 79.9. The summed E-state index contributed by atoms with van der Waals surface area (Å²) >= 11 is 3.68. The summed E-state index contributed by atoms with van der Waals surface area (Å²) in [6.07, 6.45) is 2.61. The van der Waals surface area contributed by atoms with Crippen LogP contribution in [0, 0.1) is 5.92 Å². The van der Waals surface area contributed by atoms with Crippen molar-refractivity contribution in [3.8, 4) is 0 Å². The zero-order valence-corrected chi connectivity index (χ0v) is 16.0. The number of fused-ring (bicyclic) bond motifs is 1. The lowest BCUT2D eigenvalue weighted by Gasteiger charge is -2.47. The number of rotatable bonds is 3. The zero-order valence-electron chi connectivity index (χ0n) is 14.4. The Hall–Kier alpha value is -2.14. The van der Waals surface area contributed by atoms with Gasteiger partial charge in [0.2, 0.25) is 5.91 Å². The van der Waals surface area contributed by atoms with Crippen molar-refractivity contribution in [2.45, 2.75) is 36.7 Å². The van der Waals surface area contributed by atoms with Crippen molar-refractivity contribution >= 4 is 33.6 Å². The summed E-state index contributed by atoms with van der Waals surface area (Å²) < 4.78 is 0. The zero-order chi connectivity index (χ0) is 18.1. The predicted molar refractivity (Wildman–Crippen MR) is 105 cm³/mol. The van der Waals surface area contributed by atoms with Gasteiger partial charge in [0.05, 0.1) is 11.6 Å². The molecular weight excluding hydrogens is 392 g/mol. The van der Waals surface area contributed by atoms with Crippen molar-refractivity contribution in [3.63, 3.8) is 0 Å². The third-order valence-electron chi connectivity index (χ3n) is 5.33. The number of amides is 3. The van der Waals surface area contributed by atoms with Gasteiger partial charge in [0, 0.05) is 17.4 Å². The maximum absolute atomic E-state index is 13.3. The number of urea groups is 1. The number of hydrogen-bond acceptors (Lipinski definition) is 2. The van der Waals surface area contributed by atoms with Crippen LogP contribution in [0.5, 0.6) is 0 Å². The van der Waals surface area contributed by atoms with Crippen molar-refractivity contribution < 1.29 is 9.59 Å². The molecule has 2 fully saturated rings. The van der Waals surface area contributed by atoms with Gasteiger partial charge in [-0.1, -0.05) is 64.5 Å². The average molecular weight is 413 g/mol. The van der Waals surface area contributed by atoms with Gasteiger partial charge in [-0.2, -0.15) is 0 Å². The highest BCUT2D eigenvalue weighted by Gasteiger charge is 2.48. The van der Waals surface area contributed by atoms with E-state index in [1.165, 1.54) is 4.90 Å². The number of benzene rings is 2. The molecule has 4 nitrogen and oxygen atoms in total. The number of hydrogen-bond donors (Lipinski definition) is 0. The van der Waals surface area contributed by atoms with Gasteiger partial charge >= 0.3 is 6.03 Å². The van der Waals surface area contributed by atoms with Crippen LogP contribution in [-0.2, 0) is 11.3 Å². The van der Waals surface area contributed by atoms with Gasteiger partial charge in [-0.05, 0) is 37.0 Å². The molecule has 2 aromatic rings. The second kappa shape index (κ2) is 7.23. The Kier molecular flexibility index (Phi) is 4.81. The van der Waals surface area contributed by atoms with Crippen LogP contribution in [0.3, 0.4) is 0 Å².